The quantitative estimate of drug-likeness (QED) is 0.862. The van der Waals surface area contributed by atoms with Gasteiger partial charge in [-0.05, 0) is 41.0 Å². The molecule has 1 aliphatic rings. The Labute approximate surface area is 108 Å². The van der Waals surface area contributed by atoms with E-state index in [2.05, 4.69) is 33.0 Å². The van der Waals surface area contributed by atoms with Crippen molar-refractivity contribution in [1.82, 2.24) is 5.32 Å². The number of hydrogen-bond donors (Lipinski definition) is 1. The number of hydrogen-bond acceptors (Lipinski definition) is 1. The molecule has 0 spiro atoms. The number of rotatable bonds is 4. The van der Waals surface area contributed by atoms with Gasteiger partial charge >= 0.3 is 0 Å². The van der Waals surface area contributed by atoms with Gasteiger partial charge in [0.2, 0.25) is 0 Å². The van der Waals surface area contributed by atoms with Crippen molar-refractivity contribution in [3.63, 3.8) is 0 Å². The van der Waals surface area contributed by atoms with Crippen LogP contribution in [0.3, 0.4) is 0 Å². The minimum absolute atomic E-state index is 0.355. The summed E-state index contributed by atoms with van der Waals surface area (Å²) in [7, 11) is 0. The van der Waals surface area contributed by atoms with Crippen LogP contribution in [-0.4, -0.2) is 6.54 Å². The lowest BCUT2D eigenvalue weighted by Crippen LogP contribution is -2.19. The van der Waals surface area contributed by atoms with Crippen LogP contribution in [0.1, 0.15) is 33.3 Å². The average molecular weight is 253 g/mol. The highest BCUT2D eigenvalue weighted by molar-refractivity contribution is 5.18. The summed E-state index contributed by atoms with van der Waals surface area (Å²) >= 11 is 0. The second kappa shape index (κ2) is 4.30. The van der Waals surface area contributed by atoms with Crippen LogP contribution in [0, 0.1) is 28.4 Å². The van der Waals surface area contributed by atoms with E-state index in [0.29, 0.717) is 23.3 Å². The molecule has 0 unspecified atom stereocenters. The first kappa shape index (κ1) is 13.5. The summed E-state index contributed by atoms with van der Waals surface area (Å²) in [6, 6.07) is 4.05. The molecule has 0 atom stereocenters. The third kappa shape index (κ3) is 2.16. The third-order valence-corrected chi connectivity index (χ3v) is 4.98. The Balaban J connectivity index is 1.85. The molecule has 3 heteroatoms. The van der Waals surface area contributed by atoms with Gasteiger partial charge in [-0.1, -0.05) is 33.8 Å². The highest BCUT2D eigenvalue weighted by atomic mass is 19.2. The van der Waals surface area contributed by atoms with E-state index in [1.54, 1.807) is 6.07 Å². The molecular formula is C15H21F2N. The van der Waals surface area contributed by atoms with Crippen LogP contribution >= 0.6 is 0 Å². The van der Waals surface area contributed by atoms with Gasteiger partial charge in [0.15, 0.2) is 11.6 Å². The molecule has 2 rings (SSSR count). The van der Waals surface area contributed by atoms with Crippen LogP contribution < -0.4 is 5.32 Å². The van der Waals surface area contributed by atoms with Gasteiger partial charge in [0.25, 0.3) is 0 Å². The Morgan fingerprint density at radius 2 is 1.67 bits per heavy atom. The lowest BCUT2D eigenvalue weighted by atomic mass is 10.0. The van der Waals surface area contributed by atoms with Gasteiger partial charge < -0.3 is 5.32 Å². The smallest absolute Gasteiger partial charge is 0.159 e. The molecule has 1 aromatic carbocycles. The molecule has 0 aliphatic heterocycles. The highest BCUT2D eigenvalue weighted by Crippen LogP contribution is 2.67. The van der Waals surface area contributed by atoms with Gasteiger partial charge in [-0.2, -0.15) is 0 Å². The number of halogens is 2. The summed E-state index contributed by atoms with van der Waals surface area (Å²) in [5.41, 5.74) is 1.49. The minimum Gasteiger partial charge on any atom is -0.312 e. The monoisotopic (exact) mass is 253 g/mol. The van der Waals surface area contributed by atoms with Crippen molar-refractivity contribution in [2.75, 3.05) is 6.54 Å². The molecule has 0 radical (unpaired) electrons. The van der Waals surface area contributed by atoms with Crippen LogP contribution in [-0.2, 0) is 6.54 Å². The molecule has 1 aromatic rings. The maximum absolute atomic E-state index is 13.0. The summed E-state index contributed by atoms with van der Waals surface area (Å²) in [6.07, 6.45) is 0. The largest absolute Gasteiger partial charge is 0.312 e. The van der Waals surface area contributed by atoms with Gasteiger partial charge in [-0.25, -0.2) is 8.78 Å². The van der Waals surface area contributed by atoms with Gasteiger partial charge in [0.1, 0.15) is 0 Å². The summed E-state index contributed by atoms with van der Waals surface area (Å²) < 4.78 is 25.8. The summed E-state index contributed by atoms with van der Waals surface area (Å²) in [5, 5.41) is 3.33. The van der Waals surface area contributed by atoms with Crippen molar-refractivity contribution >= 4 is 0 Å². The van der Waals surface area contributed by atoms with Crippen LogP contribution in [0.4, 0.5) is 8.78 Å². The van der Waals surface area contributed by atoms with E-state index >= 15 is 0 Å². The van der Waals surface area contributed by atoms with E-state index in [4.69, 9.17) is 0 Å². The van der Waals surface area contributed by atoms with E-state index < -0.39 is 11.6 Å². The Kier molecular flexibility index (Phi) is 3.22. The SMILES string of the molecule is CC1(C)C(CNCc2ccc(F)c(F)c2)C1(C)C. The molecule has 100 valence electrons. The third-order valence-electron chi connectivity index (χ3n) is 4.98. The van der Waals surface area contributed by atoms with Crippen molar-refractivity contribution in [3.8, 4) is 0 Å². The molecule has 0 bridgehead atoms. The zero-order valence-electron chi connectivity index (χ0n) is 11.5. The minimum atomic E-state index is -0.789. The number of benzene rings is 1. The summed E-state index contributed by atoms with van der Waals surface area (Å²) in [5.74, 6) is -0.931. The highest BCUT2D eigenvalue weighted by Gasteiger charge is 2.63. The van der Waals surface area contributed by atoms with E-state index in [-0.39, 0.29) is 0 Å². The molecule has 1 N–H and O–H groups in total. The lowest BCUT2D eigenvalue weighted by Gasteiger charge is -2.06. The zero-order chi connectivity index (χ0) is 13.6. The first-order valence-corrected chi connectivity index (χ1v) is 6.41. The van der Waals surface area contributed by atoms with Crippen molar-refractivity contribution in [3.05, 3.63) is 35.4 Å². The van der Waals surface area contributed by atoms with Crippen LogP contribution in [0.25, 0.3) is 0 Å². The normalized spacial score (nSPS) is 21.0. The predicted octanol–water partition coefficient (Wildman–Crippen LogP) is 3.74. The van der Waals surface area contributed by atoms with Crippen molar-refractivity contribution in [2.45, 2.75) is 34.2 Å². The zero-order valence-corrected chi connectivity index (χ0v) is 11.5. The van der Waals surface area contributed by atoms with Crippen LogP contribution in [0.2, 0.25) is 0 Å². The first-order valence-electron chi connectivity index (χ1n) is 6.41. The van der Waals surface area contributed by atoms with Gasteiger partial charge in [0.05, 0.1) is 0 Å². The van der Waals surface area contributed by atoms with E-state index in [1.165, 1.54) is 12.1 Å². The van der Waals surface area contributed by atoms with Crippen molar-refractivity contribution < 1.29 is 8.78 Å². The van der Waals surface area contributed by atoms with Crippen LogP contribution in [0.15, 0.2) is 18.2 Å². The Bertz CT molecular complexity index is 438. The van der Waals surface area contributed by atoms with Crippen LogP contribution in [0.5, 0.6) is 0 Å². The molecule has 1 fully saturated rings. The molecule has 0 heterocycles. The second-order valence-electron chi connectivity index (χ2n) is 6.38. The Morgan fingerprint density at radius 3 is 2.17 bits per heavy atom. The van der Waals surface area contributed by atoms with E-state index in [0.717, 1.165) is 12.1 Å². The fourth-order valence-electron chi connectivity index (χ4n) is 2.85. The van der Waals surface area contributed by atoms with Gasteiger partial charge in [0, 0.05) is 6.54 Å². The Hall–Kier alpha value is -0.960. The molecule has 1 aliphatic carbocycles. The Morgan fingerprint density at radius 1 is 1.06 bits per heavy atom. The first-order chi connectivity index (χ1) is 8.26. The van der Waals surface area contributed by atoms with E-state index in [1.807, 2.05) is 0 Å². The second-order valence-corrected chi connectivity index (χ2v) is 6.38. The summed E-state index contributed by atoms with van der Waals surface area (Å²) in [4.78, 5) is 0. The molecule has 0 amide bonds. The predicted molar refractivity (Wildman–Crippen MR) is 69.1 cm³/mol. The maximum atomic E-state index is 13.0. The van der Waals surface area contributed by atoms with Gasteiger partial charge in [-0.15, -0.1) is 0 Å². The fraction of sp³-hybridized carbons (Fsp3) is 0.600. The molecule has 18 heavy (non-hydrogen) atoms. The maximum Gasteiger partial charge on any atom is 0.159 e. The van der Waals surface area contributed by atoms with Gasteiger partial charge in [-0.3, -0.25) is 0 Å². The average Bonchev–Trinajstić information content (AvgIpc) is 2.65. The molecule has 0 saturated heterocycles. The van der Waals surface area contributed by atoms with Crippen molar-refractivity contribution in [1.29, 1.82) is 0 Å². The number of nitrogens with one attached hydrogen (secondary N) is 1. The molecule has 1 saturated carbocycles. The molecule has 0 aromatic heterocycles. The summed E-state index contributed by atoms with van der Waals surface area (Å²) in [6.45, 7) is 10.6. The standard InChI is InChI=1S/C15H21F2N/c1-14(2)13(15(14,3)4)9-18-8-10-5-6-11(16)12(17)7-10/h5-7,13,18H,8-9H2,1-4H3. The lowest BCUT2D eigenvalue weighted by molar-refractivity contribution is 0.457. The molecular weight excluding hydrogens is 232 g/mol. The topological polar surface area (TPSA) is 12.0 Å². The fourth-order valence-corrected chi connectivity index (χ4v) is 2.85. The van der Waals surface area contributed by atoms with Crippen molar-refractivity contribution in [2.24, 2.45) is 16.7 Å². The molecule has 1 nitrogen and oxygen atoms in total. The van der Waals surface area contributed by atoms with E-state index in [9.17, 15) is 8.78 Å².